The molecule has 0 amide bonds. The third-order valence-electron chi connectivity index (χ3n) is 4.00. The van der Waals surface area contributed by atoms with Crippen LogP contribution in [0.1, 0.15) is 40.3 Å². The largest absolute Gasteiger partial charge is 0.309 e. The van der Waals surface area contributed by atoms with Gasteiger partial charge in [-0.15, -0.1) is 11.3 Å². The highest BCUT2D eigenvalue weighted by atomic mass is 35.5. The van der Waals surface area contributed by atoms with Gasteiger partial charge in [0.15, 0.2) is 0 Å². The second kappa shape index (κ2) is 6.47. The molecule has 1 unspecified atom stereocenters. The molecule has 1 N–H and O–H groups in total. The topological polar surface area (TPSA) is 12.0 Å². The Morgan fingerprint density at radius 3 is 2.90 bits per heavy atom. The summed E-state index contributed by atoms with van der Waals surface area (Å²) in [7, 11) is 0. The molecule has 1 heterocycles. The summed E-state index contributed by atoms with van der Waals surface area (Å²) in [6.45, 7) is 2.97. The molecule has 0 aliphatic heterocycles. The second-order valence-corrected chi connectivity index (χ2v) is 7.11. The zero-order valence-electron chi connectivity index (χ0n) is 12.1. The number of halogens is 2. The van der Waals surface area contributed by atoms with Gasteiger partial charge in [-0.1, -0.05) is 24.6 Å². The van der Waals surface area contributed by atoms with Crippen LogP contribution in [0.4, 0.5) is 4.39 Å². The van der Waals surface area contributed by atoms with Crippen LogP contribution in [0.2, 0.25) is 5.02 Å². The summed E-state index contributed by atoms with van der Waals surface area (Å²) in [5.41, 5.74) is 2.22. The van der Waals surface area contributed by atoms with Gasteiger partial charge in [-0.3, -0.25) is 0 Å². The third-order valence-corrected chi connectivity index (χ3v) is 5.58. The molecule has 3 rings (SSSR count). The van der Waals surface area contributed by atoms with Gasteiger partial charge in [-0.25, -0.2) is 4.39 Å². The minimum Gasteiger partial charge on any atom is -0.309 e. The molecule has 0 saturated heterocycles. The van der Waals surface area contributed by atoms with Crippen molar-refractivity contribution in [3.63, 3.8) is 0 Å². The van der Waals surface area contributed by atoms with Crippen LogP contribution in [0.25, 0.3) is 0 Å². The van der Waals surface area contributed by atoms with Crippen LogP contribution in [0.3, 0.4) is 0 Å². The SMILES string of the molecule is CCNC(Cc1ccc(Cl)cc1F)c1cc2c(s1)CCC2. The lowest BCUT2D eigenvalue weighted by Crippen LogP contribution is -2.22. The molecule has 21 heavy (non-hydrogen) atoms. The predicted molar refractivity (Wildman–Crippen MR) is 87.9 cm³/mol. The van der Waals surface area contributed by atoms with Crippen LogP contribution >= 0.6 is 22.9 Å². The Morgan fingerprint density at radius 1 is 1.33 bits per heavy atom. The summed E-state index contributed by atoms with van der Waals surface area (Å²) in [6, 6.07) is 7.45. The van der Waals surface area contributed by atoms with Gasteiger partial charge in [-0.05, 0) is 61.6 Å². The van der Waals surface area contributed by atoms with E-state index in [4.69, 9.17) is 11.6 Å². The van der Waals surface area contributed by atoms with E-state index < -0.39 is 0 Å². The Balaban J connectivity index is 1.83. The first-order valence-electron chi connectivity index (χ1n) is 7.46. The fourth-order valence-corrected chi connectivity index (χ4v) is 4.44. The minimum absolute atomic E-state index is 0.182. The molecule has 0 saturated carbocycles. The van der Waals surface area contributed by atoms with Gasteiger partial charge < -0.3 is 5.32 Å². The zero-order chi connectivity index (χ0) is 14.8. The molecule has 2 aromatic rings. The highest BCUT2D eigenvalue weighted by Gasteiger charge is 2.21. The molecule has 1 atom stereocenters. The van der Waals surface area contributed by atoms with Crippen molar-refractivity contribution < 1.29 is 4.39 Å². The molecule has 0 bridgehead atoms. The highest BCUT2D eigenvalue weighted by Crippen LogP contribution is 2.35. The van der Waals surface area contributed by atoms with Crippen molar-refractivity contribution in [2.45, 2.75) is 38.6 Å². The van der Waals surface area contributed by atoms with E-state index in [0.29, 0.717) is 11.4 Å². The number of hydrogen-bond donors (Lipinski definition) is 1. The Labute approximate surface area is 134 Å². The maximum atomic E-state index is 14.0. The van der Waals surface area contributed by atoms with E-state index in [1.54, 1.807) is 12.1 Å². The summed E-state index contributed by atoms with van der Waals surface area (Å²) in [6.07, 6.45) is 4.34. The van der Waals surface area contributed by atoms with Crippen LogP contribution in [-0.2, 0) is 19.3 Å². The van der Waals surface area contributed by atoms with Crippen LogP contribution in [-0.4, -0.2) is 6.54 Å². The monoisotopic (exact) mass is 323 g/mol. The van der Waals surface area contributed by atoms with Gasteiger partial charge >= 0.3 is 0 Å². The number of hydrogen-bond acceptors (Lipinski definition) is 2. The average molecular weight is 324 g/mol. The van der Waals surface area contributed by atoms with E-state index in [1.165, 1.54) is 40.6 Å². The van der Waals surface area contributed by atoms with E-state index in [0.717, 1.165) is 12.1 Å². The van der Waals surface area contributed by atoms with Gasteiger partial charge in [0.25, 0.3) is 0 Å². The number of thiophene rings is 1. The van der Waals surface area contributed by atoms with E-state index in [9.17, 15) is 4.39 Å². The third kappa shape index (κ3) is 3.31. The lowest BCUT2D eigenvalue weighted by atomic mass is 10.0. The lowest BCUT2D eigenvalue weighted by molar-refractivity contribution is 0.534. The number of fused-ring (bicyclic) bond motifs is 1. The summed E-state index contributed by atoms with van der Waals surface area (Å²) in [5.74, 6) is -0.213. The molecule has 1 aromatic heterocycles. The first kappa shape index (κ1) is 15.0. The second-order valence-electron chi connectivity index (χ2n) is 5.50. The van der Waals surface area contributed by atoms with Crippen molar-refractivity contribution in [2.75, 3.05) is 6.54 Å². The van der Waals surface area contributed by atoms with Crippen LogP contribution < -0.4 is 5.32 Å². The molecule has 112 valence electrons. The van der Waals surface area contributed by atoms with Gasteiger partial charge in [-0.2, -0.15) is 0 Å². The first-order valence-corrected chi connectivity index (χ1v) is 8.65. The molecular formula is C17H19ClFNS. The molecule has 4 heteroatoms. The maximum Gasteiger partial charge on any atom is 0.127 e. The normalized spacial score (nSPS) is 15.2. The number of nitrogens with one attached hydrogen (secondary N) is 1. The molecule has 0 fully saturated rings. The summed E-state index contributed by atoms with van der Waals surface area (Å²) in [4.78, 5) is 2.85. The minimum atomic E-state index is -0.213. The maximum absolute atomic E-state index is 14.0. The van der Waals surface area contributed by atoms with E-state index in [-0.39, 0.29) is 11.9 Å². The Hall–Kier alpha value is -0.900. The van der Waals surface area contributed by atoms with Crippen molar-refractivity contribution in [3.05, 3.63) is 56.0 Å². The smallest absolute Gasteiger partial charge is 0.127 e. The van der Waals surface area contributed by atoms with Crippen molar-refractivity contribution in [2.24, 2.45) is 0 Å². The van der Waals surface area contributed by atoms with Gasteiger partial charge in [0, 0.05) is 20.8 Å². The van der Waals surface area contributed by atoms with Crippen LogP contribution in [0.5, 0.6) is 0 Å². The molecule has 1 aliphatic rings. The molecular weight excluding hydrogens is 305 g/mol. The van der Waals surface area contributed by atoms with Gasteiger partial charge in [0.05, 0.1) is 0 Å². The lowest BCUT2D eigenvalue weighted by Gasteiger charge is -2.17. The van der Waals surface area contributed by atoms with Crippen LogP contribution in [0.15, 0.2) is 24.3 Å². The Bertz CT molecular complexity index is 616. The molecule has 1 aliphatic carbocycles. The standard InChI is InChI=1S/C17H19ClFNS/c1-2-20-15(8-11-6-7-13(18)10-14(11)19)17-9-12-4-3-5-16(12)21-17/h6-7,9-10,15,20H,2-5,8H2,1H3. The summed E-state index contributed by atoms with van der Waals surface area (Å²) >= 11 is 7.72. The van der Waals surface area contributed by atoms with Crippen LogP contribution in [0, 0.1) is 5.82 Å². The predicted octanol–water partition coefficient (Wildman–Crippen LogP) is 4.92. The molecule has 0 radical (unpaired) electrons. The van der Waals surface area contributed by atoms with Gasteiger partial charge in [0.2, 0.25) is 0 Å². The van der Waals surface area contributed by atoms with E-state index in [2.05, 4.69) is 18.3 Å². The zero-order valence-corrected chi connectivity index (χ0v) is 13.7. The summed E-state index contributed by atoms with van der Waals surface area (Å²) in [5, 5.41) is 3.94. The molecule has 0 spiro atoms. The number of likely N-dealkylation sites (N-methyl/N-ethyl adjacent to an activating group) is 1. The first-order chi connectivity index (χ1) is 10.2. The highest BCUT2D eigenvalue weighted by molar-refractivity contribution is 7.12. The average Bonchev–Trinajstić information content (AvgIpc) is 3.02. The number of aryl methyl sites for hydroxylation is 2. The number of rotatable bonds is 5. The van der Waals surface area contributed by atoms with Crippen molar-refractivity contribution in [1.29, 1.82) is 0 Å². The quantitative estimate of drug-likeness (QED) is 0.823. The van der Waals surface area contributed by atoms with E-state index >= 15 is 0 Å². The van der Waals surface area contributed by atoms with Crippen molar-refractivity contribution in [3.8, 4) is 0 Å². The molecule has 1 nitrogen and oxygen atoms in total. The van der Waals surface area contributed by atoms with E-state index in [1.807, 2.05) is 11.3 Å². The fourth-order valence-electron chi connectivity index (χ4n) is 2.95. The Morgan fingerprint density at radius 2 is 2.19 bits per heavy atom. The van der Waals surface area contributed by atoms with Gasteiger partial charge in [0.1, 0.15) is 5.82 Å². The fraction of sp³-hybridized carbons (Fsp3) is 0.412. The van der Waals surface area contributed by atoms with Crippen molar-refractivity contribution in [1.82, 2.24) is 5.32 Å². The Kier molecular flexibility index (Phi) is 4.63. The molecule has 1 aromatic carbocycles. The summed E-state index contributed by atoms with van der Waals surface area (Å²) < 4.78 is 14.0. The number of benzene rings is 1. The van der Waals surface area contributed by atoms with Crippen molar-refractivity contribution >= 4 is 22.9 Å².